The van der Waals surface area contributed by atoms with Gasteiger partial charge in [0, 0.05) is 11.8 Å². The number of carbonyl (C=O) groups is 1. The molecule has 0 saturated carbocycles. The lowest BCUT2D eigenvalue weighted by molar-refractivity contribution is -0.111. The number of nitrogens with one attached hydrogen (secondary N) is 1. The number of benzene rings is 2. The minimum Gasteiger partial charge on any atom is -0.454 e. The molecule has 0 unspecified atom stereocenters. The maximum atomic E-state index is 11.9. The second-order valence-electron chi connectivity index (χ2n) is 4.56. The van der Waals surface area contributed by atoms with Gasteiger partial charge in [-0.2, -0.15) is 0 Å². The normalized spacial score (nSPS) is 12.6. The highest BCUT2D eigenvalue weighted by molar-refractivity contribution is 6.42. The van der Waals surface area contributed by atoms with Gasteiger partial charge in [-0.15, -0.1) is 0 Å². The number of hydrogen-bond acceptors (Lipinski definition) is 3. The van der Waals surface area contributed by atoms with Gasteiger partial charge >= 0.3 is 0 Å². The van der Waals surface area contributed by atoms with Gasteiger partial charge in [0.15, 0.2) is 11.5 Å². The molecule has 0 radical (unpaired) electrons. The molecule has 0 spiro atoms. The van der Waals surface area contributed by atoms with E-state index in [1.807, 2.05) is 12.1 Å². The van der Waals surface area contributed by atoms with E-state index in [0.29, 0.717) is 27.2 Å². The average Bonchev–Trinajstić information content (AvgIpc) is 2.96. The number of carbonyl (C=O) groups excluding carboxylic acids is 1. The van der Waals surface area contributed by atoms with Crippen molar-refractivity contribution in [2.75, 3.05) is 12.1 Å². The Labute approximate surface area is 137 Å². The first-order chi connectivity index (χ1) is 10.6. The van der Waals surface area contributed by atoms with Crippen LogP contribution in [0.5, 0.6) is 11.5 Å². The molecule has 112 valence electrons. The summed E-state index contributed by atoms with van der Waals surface area (Å²) in [4.78, 5) is 11.9. The highest BCUT2D eigenvalue weighted by Crippen LogP contribution is 2.32. The number of ether oxygens (including phenoxy) is 2. The highest BCUT2D eigenvalue weighted by atomic mass is 35.5. The predicted molar refractivity (Wildman–Crippen MR) is 86.7 cm³/mol. The first-order valence-electron chi connectivity index (χ1n) is 6.45. The Balaban J connectivity index is 1.67. The molecule has 22 heavy (non-hydrogen) atoms. The number of fused-ring (bicyclic) bond motifs is 1. The van der Waals surface area contributed by atoms with E-state index >= 15 is 0 Å². The van der Waals surface area contributed by atoms with Gasteiger partial charge < -0.3 is 14.8 Å². The smallest absolute Gasteiger partial charge is 0.248 e. The number of hydrogen-bond donors (Lipinski definition) is 1. The molecular weight excluding hydrogens is 325 g/mol. The zero-order chi connectivity index (χ0) is 15.5. The van der Waals surface area contributed by atoms with Gasteiger partial charge in [0.25, 0.3) is 0 Å². The lowest BCUT2D eigenvalue weighted by Gasteiger charge is -2.03. The van der Waals surface area contributed by atoms with Gasteiger partial charge in [-0.05, 0) is 42.0 Å². The second-order valence-corrected chi connectivity index (χ2v) is 5.38. The Bertz CT molecular complexity index is 759. The van der Waals surface area contributed by atoms with Crippen LogP contribution in [0.15, 0.2) is 42.5 Å². The minimum absolute atomic E-state index is 0.223. The van der Waals surface area contributed by atoms with E-state index in [1.54, 1.807) is 30.3 Å². The van der Waals surface area contributed by atoms with E-state index in [4.69, 9.17) is 32.7 Å². The summed E-state index contributed by atoms with van der Waals surface area (Å²) in [6, 6.07) is 10.4. The van der Waals surface area contributed by atoms with E-state index in [2.05, 4.69) is 5.32 Å². The molecule has 2 aromatic carbocycles. The van der Waals surface area contributed by atoms with Crippen LogP contribution in [0.25, 0.3) is 6.08 Å². The van der Waals surface area contributed by atoms with Crippen LogP contribution in [-0.4, -0.2) is 12.7 Å². The minimum atomic E-state index is -0.268. The van der Waals surface area contributed by atoms with Crippen molar-refractivity contribution >= 4 is 40.9 Å². The molecule has 1 N–H and O–H groups in total. The molecule has 1 aliphatic heterocycles. The maximum absolute atomic E-state index is 11.9. The molecule has 4 nitrogen and oxygen atoms in total. The Morgan fingerprint density at radius 1 is 1.05 bits per heavy atom. The fourth-order valence-electron chi connectivity index (χ4n) is 1.95. The summed E-state index contributed by atoms with van der Waals surface area (Å²) >= 11 is 11.7. The van der Waals surface area contributed by atoms with Gasteiger partial charge in [0.2, 0.25) is 12.7 Å². The summed E-state index contributed by atoms with van der Waals surface area (Å²) in [6.07, 6.45) is 3.12. The third-order valence-electron chi connectivity index (χ3n) is 3.01. The fraction of sp³-hybridized carbons (Fsp3) is 0.0625. The maximum Gasteiger partial charge on any atom is 0.248 e. The van der Waals surface area contributed by atoms with E-state index in [9.17, 15) is 4.79 Å². The van der Waals surface area contributed by atoms with Crippen molar-refractivity contribution in [3.8, 4) is 11.5 Å². The summed E-state index contributed by atoms with van der Waals surface area (Å²) in [5, 5.41) is 3.54. The van der Waals surface area contributed by atoms with E-state index in [-0.39, 0.29) is 12.7 Å². The summed E-state index contributed by atoms with van der Waals surface area (Å²) in [5.41, 5.74) is 1.42. The van der Waals surface area contributed by atoms with Crippen LogP contribution in [0.1, 0.15) is 5.56 Å². The molecule has 0 aliphatic carbocycles. The first kappa shape index (κ1) is 14.8. The van der Waals surface area contributed by atoms with Crippen molar-refractivity contribution in [1.29, 1.82) is 0 Å². The zero-order valence-corrected chi connectivity index (χ0v) is 12.8. The van der Waals surface area contributed by atoms with Gasteiger partial charge in [-0.3, -0.25) is 4.79 Å². The predicted octanol–water partition coefficient (Wildman–Crippen LogP) is 4.37. The molecule has 6 heteroatoms. The van der Waals surface area contributed by atoms with Crippen molar-refractivity contribution in [2.45, 2.75) is 0 Å². The molecule has 2 aromatic rings. The van der Waals surface area contributed by atoms with Crippen molar-refractivity contribution in [1.82, 2.24) is 0 Å². The molecule has 0 saturated heterocycles. The molecule has 1 amide bonds. The van der Waals surface area contributed by atoms with Crippen molar-refractivity contribution in [2.24, 2.45) is 0 Å². The Morgan fingerprint density at radius 3 is 2.68 bits per heavy atom. The number of anilines is 1. The number of rotatable bonds is 3. The Morgan fingerprint density at radius 2 is 1.86 bits per heavy atom. The van der Waals surface area contributed by atoms with Gasteiger partial charge in [-0.25, -0.2) is 0 Å². The summed E-state index contributed by atoms with van der Waals surface area (Å²) in [6.45, 7) is 0.223. The van der Waals surface area contributed by atoms with E-state index < -0.39 is 0 Å². The highest BCUT2D eigenvalue weighted by Gasteiger charge is 2.12. The standard InChI is InChI=1S/C16H11Cl2NO3/c17-12-4-3-11(8-13(12)18)19-16(20)6-2-10-1-5-14-15(7-10)22-9-21-14/h1-8H,9H2,(H,19,20). The van der Waals surface area contributed by atoms with Gasteiger partial charge in [0.1, 0.15) is 0 Å². The molecule has 1 heterocycles. The average molecular weight is 336 g/mol. The lowest BCUT2D eigenvalue weighted by Crippen LogP contribution is -2.07. The Kier molecular flexibility index (Phi) is 4.22. The van der Waals surface area contributed by atoms with E-state index in [1.165, 1.54) is 6.08 Å². The van der Waals surface area contributed by atoms with Crippen LogP contribution in [0, 0.1) is 0 Å². The van der Waals surface area contributed by atoms with Crippen LogP contribution in [0.3, 0.4) is 0 Å². The second kappa shape index (κ2) is 6.30. The molecule has 0 atom stereocenters. The van der Waals surface area contributed by atoms with Crippen LogP contribution < -0.4 is 14.8 Å². The van der Waals surface area contributed by atoms with Gasteiger partial charge in [-0.1, -0.05) is 29.3 Å². The quantitative estimate of drug-likeness (QED) is 0.847. The number of amides is 1. The van der Waals surface area contributed by atoms with Crippen molar-refractivity contribution < 1.29 is 14.3 Å². The Hall–Kier alpha value is -2.17. The summed E-state index contributed by atoms with van der Waals surface area (Å²) in [5.74, 6) is 1.11. The zero-order valence-electron chi connectivity index (χ0n) is 11.3. The largest absolute Gasteiger partial charge is 0.454 e. The fourth-order valence-corrected chi connectivity index (χ4v) is 2.24. The molecule has 3 rings (SSSR count). The van der Waals surface area contributed by atoms with Crippen molar-refractivity contribution in [3.63, 3.8) is 0 Å². The molecule has 0 aromatic heterocycles. The topological polar surface area (TPSA) is 47.6 Å². The molecule has 0 fully saturated rings. The molecule has 0 bridgehead atoms. The van der Waals surface area contributed by atoms with Crippen LogP contribution in [0.2, 0.25) is 10.0 Å². The van der Waals surface area contributed by atoms with E-state index in [0.717, 1.165) is 5.56 Å². The SMILES string of the molecule is O=C(C=Cc1ccc2c(c1)OCO2)Nc1ccc(Cl)c(Cl)c1. The molecule has 1 aliphatic rings. The monoisotopic (exact) mass is 335 g/mol. The van der Waals surface area contributed by atoms with Crippen LogP contribution >= 0.6 is 23.2 Å². The molecular formula is C16H11Cl2NO3. The van der Waals surface area contributed by atoms with Crippen LogP contribution in [-0.2, 0) is 4.79 Å². The third kappa shape index (κ3) is 3.35. The summed E-state index contributed by atoms with van der Waals surface area (Å²) in [7, 11) is 0. The number of halogens is 2. The van der Waals surface area contributed by atoms with Crippen LogP contribution in [0.4, 0.5) is 5.69 Å². The first-order valence-corrected chi connectivity index (χ1v) is 7.21. The van der Waals surface area contributed by atoms with Gasteiger partial charge in [0.05, 0.1) is 10.0 Å². The van der Waals surface area contributed by atoms with Crippen molar-refractivity contribution in [3.05, 3.63) is 58.1 Å². The summed E-state index contributed by atoms with van der Waals surface area (Å²) < 4.78 is 10.5. The lowest BCUT2D eigenvalue weighted by atomic mass is 10.2. The third-order valence-corrected chi connectivity index (χ3v) is 3.75.